The molecule has 0 spiro atoms. The van der Waals surface area contributed by atoms with Gasteiger partial charge in [0.15, 0.2) is 0 Å². The van der Waals surface area contributed by atoms with Crippen LogP contribution in [0, 0.1) is 6.92 Å². The highest BCUT2D eigenvalue weighted by Gasteiger charge is 2.41. The highest BCUT2D eigenvalue weighted by Crippen LogP contribution is 2.51. The average molecular weight is 1430 g/mol. The molecular formula is C92H81N5O11. The van der Waals surface area contributed by atoms with Crippen LogP contribution in [0.25, 0.3) is 86.5 Å². The number of carbonyl (C=O) groups is 3. The molecule has 2 atom stereocenters. The molecule has 0 saturated heterocycles. The fraction of sp³-hybridized carbons (Fsp3) is 0.185. The van der Waals surface area contributed by atoms with Gasteiger partial charge in [0, 0.05) is 83.9 Å². The Morgan fingerprint density at radius 2 is 0.880 bits per heavy atom. The molecule has 15 rings (SSSR count). The molecule has 0 radical (unpaired) electrons. The Morgan fingerprint density at radius 1 is 0.407 bits per heavy atom. The number of hydrogen-bond donors (Lipinski definition) is 5. The lowest BCUT2D eigenvalue weighted by Crippen LogP contribution is -2.31. The van der Waals surface area contributed by atoms with E-state index in [0.717, 1.165) is 86.7 Å². The third-order valence-electron chi connectivity index (χ3n) is 20.5. The Balaban J connectivity index is 0.565. The first-order valence-corrected chi connectivity index (χ1v) is 36.3. The van der Waals surface area contributed by atoms with Crippen molar-refractivity contribution in [2.75, 3.05) is 79.4 Å². The fourth-order valence-corrected chi connectivity index (χ4v) is 15.3. The maximum atomic E-state index is 14.2. The lowest BCUT2D eigenvalue weighted by atomic mass is 9.76. The molecule has 16 heteroatoms. The third kappa shape index (κ3) is 13.8. The van der Waals surface area contributed by atoms with E-state index in [2.05, 4.69) is 118 Å². The van der Waals surface area contributed by atoms with Crippen LogP contribution in [0.3, 0.4) is 0 Å². The molecule has 2 unspecified atom stereocenters. The summed E-state index contributed by atoms with van der Waals surface area (Å²) in [6, 6.07) is 80.3. The molecule has 0 heterocycles. The zero-order valence-electron chi connectivity index (χ0n) is 60.7. The Morgan fingerprint density at radius 3 is 1.48 bits per heavy atom. The molecule has 16 nitrogen and oxygen atoms in total. The summed E-state index contributed by atoms with van der Waals surface area (Å²) in [6.45, 7) is 6.39. The van der Waals surface area contributed by atoms with Crippen molar-refractivity contribution in [1.29, 1.82) is 0 Å². The smallest absolute Gasteiger partial charge is 0.251 e. The number of amides is 3. The van der Waals surface area contributed by atoms with Crippen LogP contribution in [0.2, 0.25) is 0 Å². The van der Waals surface area contributed by atoms with Crippen molar-refractivity contribution in [2.24, 2.45) is 10.2 Å². The molecule has 108 heavy (non-hydrogen) atoms. The fourth-order valence-electron chi connectivity index (χ4n) is 15.3. The van der Waals surface area contributed by atoms with Gasteiger partial charge >= 0.3 is 0 Å². The summed E-state index contributed by atoms with van der Waals surface area (Å²) in [5.41, 5.74) is 4.72. The van der Waals surface area contributed by atoms with E-state index in [1.165, 1.54) is 12.3 Å². The van der Waals surface area contributed by atoms with Crippen molar-refractivity contribution in [3.05, 3.63) is 299 Å². The van der Waals surface area contributed by atoms with Gasteiger partial charge in [0.2, 0.25) is 5.91 Å². The molecule has 0 bridgehead atoms. The van der Waals surface area contributed by atoms with Crippen molar-refractivity contribution in [3.8, 4) is 28.4 Å². The van der Waals surface area contributed by atoms with E-state index in [-0.39, 0.29) is 17.7 Å². The maximum absolute atomic E-state index is 14.2. The Labute approximate surface area is 625 Å². The van der Waals surface area contributed by atoms with E-state index in [9.17, 15) is 24.6 Å². The van der Waals surface area contributed by atoms with Crippen LogP contribution in [0.4, 0.5) is 17.1 Å². The number of nitrogens with one attached hydrogen (secondary N) is 3. The zero-order valence-corrected chi connectivity index (χ0v) is 60.7. The molecule has 3 amide bonds. The minimum atomic E-state index is -1.89. The van der Waals surface area contributed by atoms with E-state index >= 15 is 0 Å². The molecule has 0 aliphatic heterocycles. The van der Waals surface area contributed by atoms with Gasteiger partial charge in [-0.1, -0.05) is 169 Å². The number of methoxy groups -OCH3 is 3. The van der Waals surface area contributed by atoms with Crippen molar-refractivity contribution in [1.82, 2.24) is 10.6 Å². The molecular weight excluding hydrogens is 1350 g/mol. The number of rotatable bonds is 29. The Bertz CT molecular complexity index is 5840. The van der Waals surface area contributed by atoms with Crippen LogP contribution in [0.5, 0.6) is 17.2 Å². The SMILES string of the molecule is COc1ccc(C(O)(c2cccc(C(=O)NCCCOCCOCCOCCCNC(=O)c3cccc(C(O)(c4ccc(-c5cc(C)ccc5N=Nc5ccc(NC(C)=O)cc5)cc4OC)c4ccc5c6cccc7cccc(c8cccc4c85)c76)c3)c2)c2ccc3ccc4cccc5ccc2c3c45)c(OC)c1. The number of nitrogens with zero attached hydrogens (tertiary/aromatic N) is 2. The van der Waals surface area contributed by atoms with Gasteiger partial charge in [0.25, 0.3) is 11.8 Å². The second-order valence-electron chi connectivity index (χ2n) is 27.1. The van der Waals surface area contributed by atoms with Crippen LogP contribution < -0.4 is 30.2 Å². The number of anilines is 1. The number of hydrogen-bond acceptors (Lipinski definition) is 13. The molecule has 0 saturated carbocycles. The summed E-state index contributed by atoms with van der Waals surface area (Å²) in [5.74, 6) is 0.653. The first kappa shape index (κ1) is 71.5. The monoisotopic (exact) mass is 1430 g/mol. The number of benzene rings is 15. The molecule has 540 valence electrons. The Kier molecular flexibility index (Phi) is 20.6. The van der Waals surface area contributed by atoms with Crippen molar-refractivity contribution in [3.63, 3.8) is 0 Å². The van der Waals surface area contributed by atoms with Crippen LogP contribution in [-0.4, -0.2) is 102 Å². The van der Waals surface area contributed by atoms with Gasteiger partial charge in [-0.15, -0.1) is 5.11 Å². The summed E-state index contributed by atoms with van der Waals surface area (Å²) in [6.07, 6.45) is 1.11. The number of aryl methyl sites for hydroxylation is 1. The van der Waals surface area contributed by atoms with E-state index in [4.69, 9.17) is 33.5 Å². The lowest BCUT2D eigenvalue weighted by molar-refractivity contribution is -0.114. The third-order valence-corrected chi connectivity index (χ3v) is 20.5. The largest absolute Gasteiger partial charge is 0.497 e. The topological polar surface area (TPSA) is 208 Å². The zero-order chi connectivity index (χ0) is 74.5. The van der Waals surface area contributed by atoms with Crippen molar-refractivity contribution >= 4 is 110 Å². The first-order valence-electron chi connectivity index (χ1n) is 36.3. The summed E-state index contributed by atoms with van der Waals surface area (Å²) in [7, 11) is 4.74. The number of ether oxygens (including phenoxy) is 6. The standard InChI is InChI=1S/C92H81N5O11/c1-57-26-43-82(97-96-69-34-32-68(33-35-69)95-58(2)98)77(52-57)63-31-40-80(83(55-63)104-4)92(102,79-42-38-74-72-23-10-17-59-16-9-22-71(86(59)72)73-24-11-25-75(79)88(73)74)67-21-8-19-65(54-67)90(100)94-45-13-47-107-49-51-108-50-48-106-46-12-44-93-89(99)64-18-7-20-66(53-64)91(101,81-41-36-70(103-3)56-84(81)105-5)78-39-30-62-28-27-60-14-6-15-61-29-37-76(78)87(62)85(60)61/h6-11,14-43,52-56,101-102H,12-13,44-51H2,1-5H3,(H,93,99)(H,94,100)(H,95,98). The number of carbonyl (C=O) groups excluding carboxylic acids is 3. The lowest BCUT2D eigenvalue weighted by Gasteiger charge is -2.33. The number of aliphatic hydroxyl groups is 2. The van der Waals surface area contributed by atoms with Gasteiger partial charge in [-0.3, -0.25) is 14.4 Å². The van der Waals surface area contributed by atoms with Gasteiger partial charge in [0.1, 0.15) is 28.5 Å². The molecule has 0 fully saturated rings. The molecule has 0 aromatic heterocycles. The molecule has 0 aliphatic carbocycles. The second-order valence-corrected chi connectivity index (χ2v) is 27.1. The quantitative estimate of drug-likeness (QED) is 0.00979. The van der Waals surface area contributed by atoms with Crippen LogP contribution in [-0.2, 0) is 30.2 Å². The minimum absolute atomic E-state index is 0.165. The predicted molar refractivity (Wildman–Crippen MR) is 429 cm³/mol. The van der Waals surface area contributed by atoms with Crippen LogP contribution in [0.15, 0.2) is 259 Å². The van der Waals surface area contributed by atoms with Gasteiger partial charge in [-0.05, 0) is 191 Å². The van der Waals surface area contributed by atoms with Gasteiger partial charge in [-0.25, -0.2) is 0 Å². The minimum Gasteiger partial charge on any atom is -0.497 e. The van der Waals surface area contributed by atoms with Crippen molar-refractivity contribution < 1.29 is 53.0 Å². The van der Waals surface area contributed by atoms with Crippen molar-refractivity contribution in [2.45, 2.75) is 37.9 Å². The van der Waals surface area contributed by atoms with Gasteiger partial charge in [0.05, 0.1) is 59.1 Å². The maximum Gasteiger partial charge on any atom is 0.251 e. The second kappa shape index (κ2) is 31.1. The molecule has 5 N–H and O–H groups in total. The summed E-state index contributed by atoms with van der Waals surface area (Å²) >= 11 is 0. The van der Waals surface area contributed by atoms with E-state index in [1.807, 2.05) is 85.8 Å². The van der Waals surface area contributed by atoms with Crippen LogP contribution in [0.1, 0.15) is 79.4 Å². The average Bonchev–Trinajstić information content (AvgIpc) is 0.711. The summed E-state index contributed by atoms with van der Waals surface area (Å²) in [4.78, 5) is 39.7. The number of azo groups is 1. The van der Waals surface area contributed by atoms with Gasteiger partial charge in [-0.2, -0.15) is 5.11 Å². The Hall–Kier alpha value is -12.2. The summed E-state index contributed by atoms with van der Waals surface area (Å²) in [5, 5.41) is 60.7. The van der Waals surface area contributed by atoms with Crippen LogP contribution >= 0.6 is 0 Å². The van der Waals surface area contributed by atoms with E-state index in [0.29, 0.717) is 144 Å². The predicted octanol–water partition coefficient (Wildman–Crippen LogP) is 18.6. The first-order chi connectivity index (χ1) is 52.7. The summed E-state index contributed by atoms with van der Waals surface area (Å²) < 4.78 is 35.4. The normalized spacial score (nSPS) is 12.9. The molecule has 15 aromatic rings. The molecule has 0 aliphatic rings. The molecule has 15 aromatic carbocycles. The highest BCUT2D eigenvalue weighted by molar-refractivity contribution is 6.33. The number of fused-ring (bicyclic) bond motifs is 2. The van der Waals surface area contributed by atoms with E-state index in [1.54, 1.807) is 94.1 Å². The highest BCUT2D eigenvalue weighted by atomic mass is 16.5. The van der Waals surface area contributed by atoms with E-state index < -0.39 is 11.2 Å². The van der Waals surface area contributed by atoms with Gasteiger partial charge < -0.3 is 54.6 Å².